The zero-order chi connectivity index (χ0) is 20.4. The third kappa shape index (κ3) is 6.72. The summed E-state index contributed by atoms with van der Waals surface area (Å²) in [5, 5.41) is 16.9. The first-order valence-corrected chi connectivity index (χ1v) is 9.18. The predicted molar refractivity (Wildman–Crippen MR) is 107 cm³/mol. The van der Waals surface area contributed by atoms with E-state index in [1.54, 1.807) is 24.5 Å². The van der Waals surface area contributed by atoms with Crippen molar-refractivity contribution in [2.24, 2.45) is 5.92 Å². The van der Waals surface area contributed by atoms with E-state index in [0.717, 1.165) is 11.1 Å². The molecule has 28 heavy (non-hydrogen) atoms. The second kappa shape index (κ2) is 10.7. The number of hydrogen-bond donors (Lipinski definition) is 3. The minimum atomic E-state index is -0.331. The number of benzene rings is 1. The van der Waals surface area contributed by atoms with Crippen LogP contribution in [0.3, 0.4) is 0 Å². The van der Waals surface area contributed by atoms with Crippen molar-refractivity contribution in [2.75, 3.05) is 11.9 Å². The molecule has 0 radical (unpaired) electrons. The van der Waals surface area contributed by atoms with Gasteiger partial charge in [-0.05, 0) is 47.7 Å². The fraction of sp³-hybridized carbons (Fsp3) is 0.333. The molecule has 2 aromatic rings. The lowest BCUT2D eigenvalue weighted by Crippen LogP contribution is -2.30. The van der Waals surface area contributed by atoms with Gasteiger partial charge in [-0.2, -0.15) is 5.26 Å². The zero-order valence-corrected chi connectivity index (χ0v) is 16.1. The lowest BCUT2D eigenvalue weighted by atomic mass is 9.89. The van der Waals surface area contributed by atoms with Crippen molar-refractivity contribution in [1.29, 1.82) is 5.26 Å². The Morgan fingerprint density at radius 3 is 2.36 bits per heavy atom. The molecule has 0 aliphatic rings. The van der Waals surface area contributed by atoms with Gasteiger partial charge in [0.1, 0.15) is 6.54 Å². The fourth-order valence-corrected chi connectivity index (χ4v) is 2.77. The van der Waals surface area contributed by atoms with Crippen LogP contribution < -0.4 is 16.0 Å². The van der Waals surface area contributed by atoms with Crippen LogP contribution in [-0.2, 0) is 11.3 Å². The summed E-state index contributed by atoms with van der Waals surface area (Å²) in [5.74, 6) is -0.163. The van der Waals surface area contributed by atoms with Gasteiger partial charge >= 0.3 is 6.03 Å². The highest BCUT2D eigenvalue weighted by molar-refractivity contribution is 5.89. The number of rotatable bonds is 8. The molecule has 1 aromatic heterocycles. The summed E-state index contributed by atoms with van der Waals surface area (Å²) in [7, 11) is 0. The molecule has 0 fully saturated rings. The number of anilines is 1. The van der Waals surface area contributed by atoms with Crippen molar-refractivity contribution in [3.8, 4) is 6.07 Å². The number of carbonyl (C=O) groups excluding carboxylic acids is 2. The van der Waals surface area contributed by atoms with E-state index in [1.165, 1.54) is 0 Å². The van der Waals surface area contributed by atoms with Gasteiger partial charge in [-0.15, -0.1) is 0 Å². The topological polar surface area (TPSA) is 107 Å². The standard InChI is InChI=1S/C21H25N5O2/c1-15(2)13-19(20(27)24-12-9-22)17-3-5-18(6-4-17)26-21(28)25-14-16-7-10-23-11-8-16/h3-8,10-11,15,19H,12-14H2,1-2H3,(H,24,27)(H2,25,26,28). The van der Waals surface area contributed by atoms with E-state index < -0.39 is 0 Å². The largest absolute Gasteiger partial charge is 0.342 e. The number of nitrogens with zero attached hydrogens (tertiary/aromatic N) is 2. The van der Waals surface area contributed by atoms with Crippen molar-refractivity contribution < 1.29 is 9.59 Å². The molecule has 1 heterocycles. The molecule has 1 aromatic carbocycles. The molecule has 2 rings (SSSR count). The number of hydrogen-bond acceptors (Lipinski definition) is 4. The molecule has 0 bridgehead atoms. The molecule has 3 amide bonds. The van der Waals surface area contributed by atoms with Crippen LogP contribution in [-0.4, -0.2) is 23.5 Å². The molecule has 0 spiro atoms. The monoisotopic (exact) mass is 379 g/mol. The van der Waals surface area contributed by atoms with Crippen LogP contribution in [0.4, 0.5) is 10.5 Å². The minimum Gasteiger partial charge on any atom is -0.342 e. The zero-order valence-electron chi connectivity index (χ0n) is 16.1. The molecule has 7 heteroatoms. The second-order valence-electron chi connectivity index (χ2n) is 6.84. The lowest BCUT2D eigenvalue weighted by molar-refractivity contribution is -0.122. The van der Waals surface area contributed by atoms with E-state index >= 15 is 0 Å². The van der Waals surface area contributed by atoms with Gasteiger partial charge in [0.05, 0.1) is 12.0 Å². The average Bonchev–Trinajstić information content (AvgIpc) is 2.70. The number of urea groups is 1. The van der Waals surface area contributed by atoms with Crippen molar-refractivity contribution in [3.05, 3.63) is 59.9 Å². The summed E-state index contributed by atoms with van der Waals surface area (Å²) >= 11 is 0. The average molecular weight is 379 g/mol. The highest BCUT2D eigenvalue weighted by Gasteiger charge is 2.21. The number of nitriles is 1. The Morgan fingerprint density at radius 2 is 1.75 bits per heavy atom. The Morgan fingerprint density at radius 1 is 1.07 bits per heavy atom. The summed E-state index contributed by atoms with van der Waals surface area (Å²) < 4.78 is 0. The number of nitrogens with one attached hydrogen (secondary N) is 3. The van der Waals surface area contributed by atoms with Gasteiger partial charge < -0.3 is 16.0 Å². The van der Waals surface area contributed by atoms with Crippen molar-refractivity contribution in [2.45, 2.75) is 32.7 Å². The van der Waals surface area contributed by atoms with Crippen LogP contribution >= 0.6 is 0 Å². The van der Waals surface area contributed by atoms with Crippen molar-refractivity contribution in [3.63, 3.8) is 0 Å². The Kier molecular flexibility index (Phi) is 7.97. The van der Waals surface area contributed by atoms with Crippen LogP contribution in [0.15, 0.2) is 48.8 Å². The first-order valence-electron chi connectivity index (χ1n) is 9.18. The van der Waals surface area contributed by atoms with Gasteiger partial charge in [-0.3, -0.25) is 9.78 Å². The number of pyridine rings is 1. The summed E-state index contributed by atoms with van der Waals surface area (Å²) in [6, 6.07) is 12.5. The van der Waals surface area contributed by atoms with E-state index in [4.69, 9.17) is 5.26 Å². The number of amides is 3. The quantitative estimate of drug-likeness (QED) is 0.612. The summed E-state index contributed by atoms with van der Waals surface area (Å²) in [6.45, 7) is 4.49. The van der Waals surface area contributed by atoms with Crippen molar-refractivity contribution >= 4 is 17.6 Å². The smallest absolute Gasteiger partial charge is 0.319 e. The molecule has 7 nitrogen and oxygen atoms in total. The van der Waals surface area contributed by atoms with Crippen LogP contribution in [0.1, 0.15) is 37.3 Å². The molecule has 0 saturated heterocycles. The Bertz CT molecular complexity index is 813. The van der Waals surface area contributed by atoms with Crippen molar-refractivity contribution in [1.82, 2.24) is 15.6 Å². The van der Waals surface area contributed by atoms with Gasteiger partial charge in [0.15, 0.2) is 0 Å². The van der Waals surface area contributed by atoms with Crippen LogP contribution in [0, 0.1) is 17.2 Å². The summed E-state index contributed by atoms with van der Waals surface area (Å²) in [4.78, 5) is 28.4. The first kappa shape index (κ1) is 20.9. The molecular formula is C21H25N5O2. The van der Waals surface area contributed by atoms with E-state index in [2.05, 4.69) is 20.9 Å². The molecular weight excluding hydrogens is 354 g/mol. The highest BCUT2D eigenvalue weighted by atomic mass is 16.2. The van der Waals surface area contributed by atoms with Crippen LogP contribution in [0.5, 0.6) is 0 Å². The molecule has 146 valence electrons. The van der Waals surface area contributed by atoms with E-state index in [9.17, 15) is 9.59 Å². The van der Waals surface area contributed by atoms with Gasteiger partial charge in [0, 0.05) is 24.6 Å². The van der Waals surface area contributed by atoms with E-state index in [-0.39, 0.29) is 24.4 Å². The SMILES string of the molecule is CC(C)CC(C(=O)NCC#N)c1ccc(NC(=O)NCc2ccncc2)cc1. The first-order chi connectivity index (χ1) is 13.5. The highest BCUT2D eigenvalue weighted by Crippen LogP contribution is 2.25. The van der Waals surface area contributed by atoms with E-state index in [0.29, 0.717) is 24.6 Å². The summed E-state index contributed by atoms with van der Waals surface area (Å²) in [6.07, 6.45) is 4.03. The molecule has 3 N–H and O–H groups in total. The molecule has 0 saturated carbocycles. The second-order valence-corrected chi connectivity index (χ2v) is 6.84. The maximum Gasteiger partial charge on any atom is 0.319 e. The van der Waals surface area contributed by atoms with Crippen LogP contribution in [0.2, 0.25) is 0 Å². The van der Waals surface area contributed by atoms with Crippen LogP contribution in [0.25, 0.3) is 0 Å². The minimum absolute atomic E-state index is 0.00921. The predicted octanol–water partition coefficient (Wildman–Crippen LogP) is 3.17. The van der Waals surface area contributed by atoms with Gasteiger partial charge in [-0.25, -0.2) is 4.79 Å². The molecule has 0 aliphatic carbocycles. The number of aromatic nitrogens is 1. The fourth-order valence-electron chi connectivity index (χ4n) is 2.77. The van der Waals surface area contributed by atoms with E-state index in [1.807, 2.05) is 44.2 Å². The maximum atomic E-state index is 12.4. The Hall–Kier alpha value is -3.40. The van der Waals surface area contributed by atoms with Gasteiger partial charge in [0.25, 0.3) is 0 Å². The third-order valence-electron chi connectivity index (χ3n) is 4.14. The Labute approximate surface area is 165 Å². The third-order valence-corrected chi connectivity index (χ3v) is 4.14. The van der Waals surface area contributed by atoms with Gasteiger partial charge in [-0.1, -0.05) is 26.0 Å². The molecule has 1 unspecified atom stereocenters. The normalized spacial score (nSPS) is 11.4. The molecule has 1 atom stereocenters. The number of carbonyl (C=O) groups is 2. The van der Waals surface area contributed by atoms with Gasteiger partial charge in [0.2, 0.25) is 5.91 Å². The molecule has 0 aliphatic heterocycles. The Balaban J connectivity index is 1.96. The maximum absolute atomic E-state index is 12.4. The lowest BCUT2D eigenvalue weighted by Gasteiger charge is -2.19. The summed E-state index contributed by atoms with van der Waals surface area (Å²) in [5.41, 5.74) is 2.45.